The number of hydrogen-bond donors (Lipinski definition) is 1. The monoisotopic (exact) mass is 394 g/mol. The molecule has 0 saturated carbocycles. The van der Waals surface area contributed by atoms with Crippen molar-refractivity contribution in [1.29, 1.82) is 0 Å². The molecule has 2 aliphatic rings. The third-order valence-corrected chi connectivity index (χ3v) is 5.07. The third-order valence-electron chi connectivity index (χ3n) is 5.07. The smallest absolute Gasteiger partial charge is 0.322 e. The summed E-state index contributed by atoms with van der Waals surface area (Å²) in [6.07, 6.45) is 2.22. The number of rotatable bonds is 5. The summed E-state index contributed by atoms with van der Waals surface area (Å²) in [6, 6.07) is 2.59. The average Bonchev–Trinajstić information content (AvgIpc) is 2.67. The first-order valence-corrected chi connectivity index (χ1v) is 9.50. The van der Waals surface area contributed by atoms with Gasteiger partial charge in [-0.05, 0) is 31.5 Å². The van der Waals surface area contributed by atoms with E-state index in [9.17, 15) is 23.2 Å². The minimum Gasteiger partial charge on any atom is -0.322 e. The highest BCUT2D eigenvalue weighted by Gasteiger charge is 2.26. The predicted octanol–water partition coefficient (Wildman–Crippen LogP) is 2.04. The zero-order valence-electron chi connectivity index (χ0n) is 15.6. The summed E-state index contributed by atoms with van der Waals surface area (Å²) in [5, 5.41) is 2.46. The zero-order valence-corrected chi connectivity index (χ0v) is 15.6. The van der Waals surface area contributed by atoms with Crippen molar-refractivity contribution >= 4 is 23.5 Å². The lowest BCUT2D eigenvalue weighted by Gasteiger charge is -2.35. The summed E-state index contributed by atoms with van der Waals surface area (Å²) in [5.41, 5.74) is -0.0512. The molecule has 2 fully saturated rings. The van der Waals surface area contributed by atoms with Crippen LogP contribution in [-0.2, 0) is 9.59 Å². The van der Waals surface area contributed by atoms with Crippen molar-refractivity contribution in [2.24, 2.45) is 0 Å². The molecular formula is C19H24F2N4O3. The van der Waals surface area contributed by atoms with E-state index < -0.39 is 17.7 Å². The lowest BCUT2D eigenvalue weighted by atomic mass is 10.1. The van der Waals surface area contributed by atoms with Gasteiger partial charge in [-0.25, -0.2) is 13.6 Å². The van der Waals surface area contributed by atoms with E-state index >= 15 is 0 Å². The number of nitrogens with one attached hydrogen (secondary N) is 1. The Kier molecular flexibility index (Phi) is 6.56. The number of anilines is 1. The van der Waals surface area contributed by atoms with Crippen LogP contribution in [0.3, 0.4) is 0 Å². The van der Waals surface area contributed by atoms with Crippen molar-refractivity contribution in [3.63, 3.8) is 0 Å². The standard InChI is InChI=1S/C19H24F2N4O3/c20-14-5-6-16(15(21)13-14)22-19(28)24-11-9-23(10-12-24)7-2-8-25-17(26)3-1-4-18(25)27/h5-6,13H,1-4,7-12H2,(H,22,28). The Morgan fingerprint density at radius 2 is 1.68 bits per heavy atom. The van der Waals surface area contributed by atoms with Gasteiger partial charge in [0, 0.05) is 51.6 Å². The fourth-order valence-corrected chi connectivity index (χ4v) is 3.46. The van der Waals surface area contributed by atoms with Crippen LogP contribution in [0.2, 0.25) is 0 Å². The summed E-state index contributed by atoms with van der Waals surface area (Å²) in [6.45, 7) is 3.44. The first kappa shape index (κ1) is 20.2. The van der Waals surface area contributed by atoms with E-state index in [4.69, 9.17) is 0 Å². The van der Waals surface area contributed by atoms with Gasteiger partial charge < -0.3 is 10.2 Å². The maximum atomic E-state index is 13.7. The topological polar surface area (TPSA) is 73.0 Å². The van der Waals surface area contributed by atoms with Crippen LogP contribution in [0.5, 0.6) is 0 Å². The maximum absolute atomic E-state index is 13.7. The SMILES string of the molecule is O=C(Nc1ccc(F)cc1F)N1CCN(CCCN2C(=O)CCCC2=O)CC1. The number of likely N-dealkylation sites (tertiary alicyclic amines) is 1. The number of piperidine rings is 1. The lowest BCUT2D eigenvalue weighted by molar-refractivity contribution is -0.148. The van der Waals surface area contributed by atoms with E-state index in [2.05, 4.69) is 10.2 Å². The molecule has 7 nitrogen and oxygen atoms in total. The van der Waals surface area contributed by atoms with Crippen LogP contribution in [0.15, 0.2) is 18.2 Å². The van der Waals surface area contributed by atoms with E-state index in [1.54, 1.807) is 4.90 Å². The number of halogens is 2. The van der Waals surface area contributed by atoms with E-state index in [-0.39, 0.29) is 17.5 Å². The third kappa shape index (κ3) is 5.03. The fraction of sp³-hybridized carbons (Fsp3) is 0.526. The van der Waals surface area contributed by atoms with Crippen LogP contribution in [0.25, 0.3) is 0 Å². The number of amides is 4. The average molecular weight is 394 g/mol. The molecule has 1 N–H and O–H groups in total. The number of nitrogens with zero attached hydrogens (tertiary/aromatic N) is 3. The van der Waals surface area contributed by atoms with Gasteiger partial charge in [-0.2, -0.15) is 0 Å². The van der Waals surface area contributed by atoms with Crippen LogP contribution in [0.1, 0.15) is 25.7 Å². The van der Waals surface area contributed by atoms with Crippen molar-refractivity contribution < 1.29 is 23.2 Å². The Morgan fingerprint density at radius 3 is 2.32 bits per heavy atom. The quantitative estimate of drug-likeness (QED) is 0.776. The number of carbonyl (C=O) groups excluding carboxylic acids is 3. The van der Waals surface area contributed by atoms with Gasteiger partial charge in [0.1, 0.15) is 11.6 Å². The van der Waals surface area contributed by atoms with Crippen molar-refractivity contribution in [1.82, 2.24) is 14.7 Å². The second kappa shape index (κ2) is 9.09. The molecule has 1 aromatic carbocycles. The Balaban J connectivity index is 1.39. The second-order valence-corrected chi connectivity index (χ2v) is 7.03. The number of urea groups is 1. The van der Waals surface area contributed by atoms with Crippen LogP contribution in [0, 0.1) is 11.6 Å². The Bertz CT molecular complexity index is 735. The van der Waals surface area contributed by atoms with E-state index in [0.717, 1.165) is 18.7 Å². The number of imide groups is 1. The van der Waals surface area contributed by atoms with Gasteiger partial charge in [0.05, 0.1) is 5.69 Å². The molecule has 1 aromatic rings. The molecule has 3 rings (SSSR count). The highest BCUT2D eigenvalue weighted by atomic mass is 19.1. The molecule has 2 aliphatic heterocycles. The lowest BCUT2D eigenvalue weighted by Crippen LogP contribution is -2.50. The van der Waals surface area contributed by atoms with Crippen LogP contribution < -0.4 is 5.32 Å². The summed E-state index contributed by atoms with van der Waals surface area (Å²) in [7, 11) is 0. The van der Waals surface area contributed by atoms with Crippen molar-refractivity contribution in [3.05, 3.63) is 29.8 Å². The molecule has 0 atom stereocenters. The molecule has 0 unspecified atom stereocenters. The molecule has 0 aliphatic carbocycles. The largest absolute Gasteiger partial charge is 0.322 e. The van der Waals surface area contributed by atoms with E-state index in [0.29, 0.717) is 58.4 Å². The molecule has 0 radical (unpaired) electrons. The zero-order chi connectivity index (χ0) is 20.1. The molecule has 4 amide bonds. The van der Waals surface area contributed by atoms with Crippen LogP contribution in [0.4, 0.5) is 19.3 Å². The Labute approximate surface area is 162 Å². The number of hydrogen-bond acceptors (Lipinski definition) is 4. The number of carbonyl (C=O) groups is 3. The van der Waals surface area contributed by atoms with E-state index in [1.165, 1.54) is 11.0 Å². The minimum atomic E-state index is -0.811. The predicted molar refractivity (Wildman–Crippen MR) is 98.6 cm³/mol. The molecule has 28 heavy (non-hydrogen) atoms. The van der Waals surface area contributed by atoms with Gasteiger partial charge in [0.25, 0.3) is 0 Å². The minimum absolute atomic E-state index is 0.0512. The van der Waals surface area contributed by atoms with E-state index in [1.807, 2.05) is 0 Å². The molecule has 0 aromatic heterocycles. The molecule has 0 spiro atoms. The molecular weight excluding hydrogens is 370 g/mol. The normalized spacial score (nSPS) is 18.5. The van der Waals surface area contributed by atoms with Gasteiger partial charge in [0.2, 0.25) is 11.8 Å². The van der Waals surface area contributed by atoms with Gasteiger partial charge in [-0.1, -0.05) is 0 Å². The Morgan fingerprint density at radius 1 is 1.00 bits per heavy atom. The number of benzene rings is 1. The van der Waals surface area contributed by atoms with Crippen LogP contribution >= 0.6 is 0 Å². The molecule has 9 heteroatoms. The summed E-state index contributed by atoms with van der Waals surface area (Å²) in [5.74, 6) is -1.69. The first-order chi connectivity index (χ1) is 13.4. The van der Waals surface area contributed by atoms with Crippen LogP contribution in [-0.4, -0.2) is 71.8 Å². The molecule has 2 saturated heterocycles. The first-order valence-electron chi connectivity index (χ1n) is 9.50. The van der Waals surface area contributed by atoms with Gasteiger partial charge in [0.15, 0.2) is 0 Å². The molecule has 0 bridgehead atoms. The maximum Gasteiger partial charge on any atom is 0.322 e. The molecule has 2 heterocycles. The highest BCUT2D eigenvalue weighted by molar-refractivity contribution is 5.97. The van der Waals surface area contributed by atoms with Crippen molar-refractivity contribution in [2.75, 3.05) is 44.6 Å². The van der Waals surface area contributed by atoms with Crippen molar-refractivity contribution in [2.45, 2.75) is 25.7 Å². The van der Waals surface area contributed by atoms with Gasteiger partial charge in [-0.3, -0.25) is 19.4 Å². The summed E-state index contributed by atoms with van der Waals surface area (Å²) < 4.78 is 26.6. The second-order valence-electron chi connectivity index (χ2n) is 7.03. The Hall–Kier alpha value is -2.55. The number of piperazine rings is 1. The van der Waals surface area contributed by atoms with Gasteiger partial charge >= 0.3 is 6.03 Å². The van der Waals surface area contributed by atoms with Gasteiger partial charge in [-0.15, -0.1) is 0 Å². The summed E-state index contributed by atoms with van der Waals surface area (Å²) in [4.78, 5) is 40.9. The van der Waals surface area contributed by atoms with Crippen molar-refractivity contribution in [3.8, 4) is 0 Å². The molecule has 152 valence electrons. The highest BCUT2D eigenvalue weighted by Crippen LogP contribution is 2.16. The fourth-order valence-electron chi connectivity index (χ4n) is 3.46. The summed E-state index contributed by atoms with van der Waals surface area (Å²) >= 11 is 0.